The number of aromatic carboxylic acids is 1. The number of aromatic nitrogens is 3. The van der Waals surface area contributed by atoms with Gasteiger partial charge < -0.3 is 16.5 Å². The van der Waals surface area contributed by atoms with Crippen molar-refractivity contribution in [1.82, 2.24) is 19.7 Å². The van der Waals surface area contributed by atoms with Gasteiger partial charge in [-0.25, -0.2) is 4.79 Å². The van der Waals surface area contributed by atoms with E-state index in [2.05, 4.69) is 15.0 Å². The molecule has 8 heteroatoms. The number of aliphatic hydroxyl groups excluding tert-OH is 1. The molecule has 1 atom stereocenters. The fourth-order valence-electron chi connectivity index (χ4n) is 3.96. The average molecular weight is 350 g/mol. The molecule has 7 nitrogen and oxygen atoms in total. The molecule has 0 saturated carbocycles. The predicted molar refractivity (Wildman–Crippen MR) is 92.6 cm³/mol. The summed E-state index contributed by atoms with van der Waals surface area (Å²) in [4.78, 5) is 18.2. The van der Waals surface area contributed by atoms with E-state index in [9.17, 15) is 15.0 Å². The van der Waals surface area contributed by atoms with Crippen LogP contribution in [0, 0.1) is 0 Å². The molecule has 2 aromatic rings. The van der Waals surface area contributed by atoms with E-state index in [0.717, 1.165) is 54.7 Å². The molecule has 1 aliphatic heterocycles. The molecule has 3 heterocycles. The quantitative estimate of drug-likeness (QED) is 0.626. The molecule has 1 saturated heterocycles. The number of carboxylic acid groups (broad SMARTS) is 1. The third kappa shape index (κ3) is 3.58. The SMILES string of the molecule is O=C(O)c1c2c(nn1CC(O)CN1CCCC1)-c1ccncc1CC2.[H-].[Li+]. The molecule has 0 amide bonds. The van der Waals surface area contributed by atoms with Gasteiger partial charge in [-0.2, -0.15) is 5.10 Å². The molecule has 0 bridgehead atoms. The van der Waals surface area contributed by atoms with Crippen LogP contribution in [0.1, 0.15) is 35.9 Å². The number of aryl methyl sites for hydroxylation is 1. The Labute approximate surface area is 165 Å². The first-order valence-electron chi connectivity index (χ1n) is 8.80. The predicted octanol–water partition coefficient (Wildman–Crippen LogP) is -1.68. The van der Waals surface area contributed by atoms with Crippen LogP contribution in [0.4, 0.5) is 0 Å². The minimum Gasteiger partial charge on any atom is -1.00 e. The Balaban J connectivity index is 0.00000131. The number of nitrogens with zero attached hydrogens (tertiary/aromatic N) is 4. The third-order valence-electron chi connectivity index (χ3n) is 5.11. The molecule has 0 aromatic carbocycles. The van der Waals surface area contributed by atoms with Gasteiger partial charge in [0.1, 0.15) is 5.69 Å². The standard InChI is InChI=1S/C18H22N4O3.Li.H/c23-13(10-21-7-1-2-8-21)11-22-17(18(24)25)15-4-3-12-9-19-6-5-14(12)16(15)20-22;;/h5-6,9,13,23H,1-4,7-8,10-11H2,(H,24,25);;/q;+1;-1. The number of rotatable bonds is 5. The largest absolute Gasteiger partial charge is 1.00 e. The van der Waals surface area contributed by atoms with E-state index in [1.807, 2.05) is 12.3 Å². The van der Waals surface area contributed by atoms with Crippen molar-refractivity contribution in [2.75, 3.05) is 19.6 Å². The van der Waals surface area contributed by atoms with Crippen LogP contribution >= 0.6 is 0 Å². The van der Waals surface area contributed by atoms with Gasteiger partial charge >= 0.3 is 24.8 Å². The number of pyridine rings is 1. The molecule has 1 unspecified atom stereocenters. The minimum atomic E-state index is -0.986. The van der Waals surface area contributed by atoms with Crippen molar-refractivity contribution in [3.8, 4) is 11.3 Å². The van der Waals surface area contributed by atoms with Crippen LogP contribution in [-0.4, -0.2) is 61.6 Å². The van der Waals surface area contributed by atoms with Gasteiger partial charge in [0.15, 0.2) is 0 Å². The summed E-state index contributed by atoms with van der Waals surface area (Å²) in [7, 11) is 0. The van der Waals surface area contributed by atoms with Crippen molar-refractivity contribution in [3.63, 3.8) is 0 Å². The van der Waals surface area contributed by atoms with Crippen molar-refractivity contribution in [3.05, 3.63) is 35.3 Å². The molecule has 1 fully saturated rings. The van der Waals surface area contributed by atoms with Gasteiger partial charge in [-0.15, -0.1) is 0 Å². The van der Waals surface area contributed by atoms with Crippen molar-refractivity contribution < 1.29 is 35.3 Å². The molecule has 0 radical (unpaired) electrons. The second kappa shape index (κ2) is 7.93. The number of aliphatic hydroxyl groups is 1. The topological polar surface area (TPSA) is 91.5 Å². The summed E-state index contributed by atoms with van der Waals surface area (Å²) in [5, 5.41) is 24.7. The molecule has 134 valence electrons. The van der Waals surface area contributed by atoms with Gasteiger partial charge in [-0.05, 0) is 50.4 Å². The van der Waals surface area contributed by atoms with Crippen molar-refractivity contribution >= 4 is 5.97 Å². The van der Waals surface area contributed by atoms with E-state index in [0.29, 0.717) is 13.0 Å². The summed E-state index contributed by atoms with van der Waals surface area (Å²) in [6, 6.07) is 1.89. The van der Waals surface area contributed by atoms with E-state index in [1.54, 1.807) is 6.20 Å². The monoisotopic (exact) mass is 350 g/mol. The van der Waals surface area contributed by atoms with E-state index in [-0.39, 0.29) is 32.5 Å². The van der Waals surface area contributed by atoms with Crippen LogP contribution in [0.2, 0.25) is 0 Å². The fourth-order valence-corrected chi connectivity index (χ4v) is 3.96. The summed E-state index contributed by atoms with van der Waals surface area (Å²) < 4.78 is 1.48. The molecule has 2 aliphatic rings. The summed E-state index contributed by atoms with van der Waals surface area (Å²) in [5.74, 6) is -0.986. The van der Waals surface area contributed by atoms with Gasteiger partial charge in [0.2, 0.25) is 0 Å². The number of carbonyl (C=O) groups is 1. The Morgan fingerprint density at radius 3 is 2.77 bits per heavy atom. The Morgan fingerprint density at radius 1 is 1.27 bits per heavy atom. The molecule has 26 heavy (non-hydrogen) atoms. The first-order valence-corrected chi connectivity index (χ1v) is 8.80. The van der Waals surface area contributed by atoms with Gasteiger partial charge in [0.05, 0.1) is 18.3 Å². The smallest absolute Gasteiger partial charge is 1.00 e. The Kier molecular flexibility index (Phi) is 5.83. The van der Waals surface area contributed by atoms with Crippen molar-refractivity contribution in [2.24, 2.45) is 0 Å². The average Bonchev–Trinajstić information content (AvgIpc) is 3.21. The maximum Gasteiger partial charge on any atom is 1.00 e. The fraction of sp³-hybridized carbons (Fsp3) is 0.500. The van der Waals surface area contributed by atoms with Crippen LogP contribution in [-0.2, 0) is 19.4 Å². The maximum atomic E-state index is 11.8. The molecule has 4 rings (SSSR count). The molecular formula is C18H23LiN4O3. The van der Waals surface area contributed by atoms with Crippen molar-refractivity contribution in [2.45, 2.75) is 38.3 Å². The number of carboxylic acids is 1. The van der Waals surface area contributed by atoms with E-state index < -0.39 is 12.1 Å². The van der Waals surface area contributed by atoms with Gasteiger partial charge in [-0.3, -0.25) is 9.67 Å². The van der Waals surface area contributed by atoms with Gasteiger partial charge in [0, 0.05) is 30.1 Å². The molecular weight excluding hydrogens is 327 g/mol. The number of hydrogen-bond acceptors (Lipinski definition) is 5. The van der Waals surface area contributed by atoms with Crippen LogP contribution in [0.25, 0.3) is 11.3 Å². The zero-order valence-corrected chi connectivity index (χ0v) is 15.1. The second-order valence-corrected chi connectivity index (χ2v) is 6.86. The maximum absolute atomic E-state index is 11.8. The number of hydrogen-bond donors (Lipinski definition) is 2. The Bertz CT molecular complexity index is 808. The van der Waals surface area contributed by atoms with Crippen LogP contribution in [0.3, 0.4) is 0 Å². The van der Waals surface area contributed by atoms with E-state index >= 15 is 0 Å². The van der Waals surface area contributed by atoms with Crippen LogP contribution in [0.5, 0.6) is 0 Å². The van der Waals surface area contributed by atoms with E-state index in [1.165, 1.54) is 4.68 Å². The van der Waals surface area contributed by atoms with Crippen LogP contribution < -0.4 is 18.9 Å². The summed E-state index contributed by atoms with van der Waals surface area (Å²) >= 11 is 0. The summed E-state index contributed by atoms with van der Waals surface area (Å²) in [6.45, 7) is 2.76. The molecule has 1 aliphatic carbocycles. The first-order chi connectivity index (χ1) is 12.1. The van der Waals surface area contributed by atoms with Gasteiger partial charge in [-0.1, -0.05) is 0 Å². The minimum absolute atomic E-state index is 0. The second-order valence-electron chi connectivity index (χ2n) is 6.86. The number of likely N-dealkylation sites (tertiary alicyclic amines) is 1. The summed E-state index contributed by atoms with van der Waals surface area (Å²) in [6.07, 6.45) is 6.61. The normalized spacial score (nSPS) is 17.3. The summed E-state index contributed by atoms with van der Waals surface area (Å²) in [5.41, 5.74) is 3.73. The Hall–Kier alpha value is -1.65. The van der Waals surface area contributed by atoms with Crippen LogP contribution in [0.15, 0.2) is 18.5 Å². The number of β-amino-alcohol motifs (C(OH)–C–C–N with tert-alkyl or cyclic N) is 1. The van der Waals surface area contributed by atoms with Crippen molar-refractivity contribution in [1.29, 1.82) is 0 Å². The zero-order valence-electron chi connectivity index (χ0n) is 16.1. The third-order valence-corrected chi connectivity index (χ3v) is 5.11. The molecule has 0 spiro atoms. The van der Waals surface area contributed by atoms with Gasteiger partial charge in [0.25, 0.3) is 0 Å². The Morgan fingerprint density at radius 2 is 2.04 bits per heavy atom. The molecule has 2 aromatic heterocycles. The first kappa shape index (κ1) is 19.1. The van der Waals surface area contributed by atoms with E-state index in [4.69, 9.17) is 0 Å². The molecule has 2 N–H and O–H groups in total. The zero-order chi connectivity index (χ0) is 17.4. The number of fused-ring (bicyclic) bond motifs is 3.